The number of phosphoric acid groups is 1. The van der Waals surface area contributed by atoms with Crippen LogP contribution in [-0.2, 0) is 32.7 Å². The van der Waals surface area contributed by atoms with Gasteiger partial charge in [-0.3, -0.25) is 18.6 Å². The Hall–Kier alpha value is -1.25. The zero-order chi connectivity index (χ0) is 35.4. The van der Waals surface area contributed by atoms with E-state index in [1.807, 2.05) is 0 Å². The minimum atomic E-state index is -4.36. The zero-order valence-corrected chi connectivity index (χ0v) is 31.9. The third-order valence-corrected chi connectivity index (χ3v) is 9.39. The molecule has 0 aliphatic rings. The molecule has 1 unspecified atom stereocenters. The first-order valence-corrected chi connectivity index (χ1v) is 21.2. The van der Waals surface area contributed by atoms with Crippen LogP contribution in [0.15, 0.2) is 12.2 Å². The lowest BCUT2D eigenvalue weighted by Gasteiger charge is -2.19. The molecular weight excluding hydrogens is 629 g/mol. The van der Waals surface area contributed by atoms with Crippen LogP contribution in [0.3, 0.4) is 0 Å². The minimum absolute atomic E-state index is 0.0558. The summed E-state index contributed by atoms with van der Waals surface area (Å²) in [5, 5.41) is 0. The summed E-state index contributed by atoms with van der Waals surface area (Å²) in [6.45, 7) is 3.71. The smallest absolute Gasteiger partial charge is 0.462 e. The van der Waals surface area contributed by atoms with Crippen molar-refractivity contribution in [3.63, 3.8) is 0 Å². The number of carbonyl (C=O) groups excluding carboxylic acids is 2. The molecule has 0 bridgehead atoms. The molecule has 48 heavy (non-hydrogen) atoms. The molecule has 0 spiro atoms. The van der Waals surface area contributed by atoms with Crippen LogP contribution in [0.2, 0.25) is 0 Å². The van der Waals surface area contributed by atoms with Gasteiger partial charge in [0.1, 0.15) is 6.61 Å². The number of carbonyl (C=O) groups is 2. The Bertz CT molecular complexity index is 810. The lowest BCUT2D eigenvalue weighted by molar-refractivity contribution is -0.161. The Kier molecular flexibility index (Phi) is 34.6. The highest BCUT2D eigenvalue weighted by molar-refractivity contribution is 7.47. The summed E-state index contributed by atoms with van der Waals surface area (Å²) < 4.78 is 32.6. The summed E-state index contributed by atoms with van der Waals surface area (Å²) in [6, 6.07) is 0. The van der Waals surface area contributed by atoms with Gasteiger partial charge in [0.25, 0.3) is 0 Å². The molecule has 0 fully saturated rings. The maximum absolute atomic E-state index is 12.5. The SMILES string of the molecule is CCCCCC/C=C/CCCCCCCCCCCC(=O)OC[C@@H](COP(=O)(O)OCCN)OC(=O)CCCCCCCCCCCC. The van der Waals surface area contributed by atoms with Crippen LogP contribution in [0.5, 0.6) is 0 Å². The Morgan fingerprint density at radius 3 is 1.50 bits per heavy atom. The van der Waals surface area contributed by atoms with Crippen LogP contribution in [0.1, 0.15) is 187 Å². The van der Waals surface area contributed by atoms with E-state index in [4.69, 9.17) is 24.3 Å². The third kappa shape index (κ3) is 34.6. The number of esters is 2. The molecule has 0 aliphatic carbocycles. The number of ether oxygens (including phenoxy) is 2. The van der Waals surface area contributed by atoms with Crippen LogP contribution in [-0.4, -0.2) is 49.3 Å². The molecule has 0 aromatic carbocycles. The van der Waals surface area contributed by atoms with Crippen molar-refractivity contribution in [1.82, 2.24) is 0 Å². The van der Waals surface area contributed by atoms with Gasteiger partial charge in [0.05, 0.1) is 13.2 Å². The molecule has 10 heteroatoms. The van der Waals surface area contributed by atoms with E-state index in [2.05, 4.69) is 26.0 Å². The number of hydrogen-bond acceptors (Lipinski definition) is 8. The van der Waals surface area contributed by atoms with Gasteiger partial charge in [-0.2, -0.15) is 0 Å². The summed E-state index contributed by atoms with van der Waals surface area (Å²) in [5.41, 5.74) is 5.33. The molecule has 0 rings (SSSR count). The van der Waals surface area contributed by atoms with Crippen molar-refractivity contribution in [3.8, 4) is 0 Å². The summed E-state index contributed by atoms with van der Waals surface area (Å²) in [6.07, 6.45) is 33.8. The van der Waals surface area contributed by atoms with Crippen molar-refractivity contribution in [3.05, 3.63) is 12.2 Å². The van der Waals surface area contributed by atoms with E-state index in [-0.39, 0.29) is 38.6 Å². The van der Waals surface area contributed by atoms with Gasteiger partial charge in [-0.25, -0.2) is 4.57 Å². The maximum Gasteiger partial charge on any atom is 0.472 e. The van der Waals surface area contributed by atoms with E-state index >= 15 is 0 Å². The van der Waals surface area contributed by atoms with E-state index in [1.165, 1.54) is 122 Å². The van der Waals surface area contributed by atoms with Crippen LogP contribution in [0, 0.1) is 0 Å². The fraction of sp³-hybridized carbons (Fsp3) is 0.895. The Balaban J connectivity index is 4.13. The molecule has 0 saturated heterocycles. The summed E-state index contributed by atoms with van der Waals surface area (Å²) in [7, 11) is -4.36. The van der Waals surface area contributed by atoms with Crippen molar-refractivity contribution < 1.29 is 37.6 Å². The van der Waals surface area contributed by atoms with Crippen LogP contribution < -0.4 is 5.73 Å². The van der Waals surface area contributed by atoms with Gasteiger partial charge in [-0.05, 0) is 38.5 Å². The molecule has 0 radical (unpaired) electrons. The predicted molar refractivity (Wildman–Crippen MR) is 197 cm³/mol. The van der Waals surface area contributed by atoms with Crippen molar-refractivity contribution in [2.45, 2.75) is 193 Å². The number of hydrogen-bond donors (Lipinski definition) is 2. The number of unbranched alkanes of at least 4 members (excludes halogenated alkanes) is 22. The quantitative estimate of drug-likeness (QED) is 0.0280. The van der Waals surface area contributed by atoms with Crippen molar-refractivity contribution >= 4 is 19.8 Å². The molecule has 0 aliphatic heterocycles. The second kappa shape index (κ2) is 35.6. The molecule has 2 atom stereocenters. The molecule has 0 saturated carbocycles. The monoisotopic (exact) mass is 704 g/mol. The topological polar surface area (TPSA) is 134 Å². The molecular formula is C38H74NO8P. The second-order valence-corrected chi connectivity index (χ2v) is 14.6. The van der Waals surface area contributed by atoms with Gasteiger partial charge in [0.15, 0.2) is 6.10 Å². The van der Waals surface area contributed by atoms with Crippen molar-refractivity contribution in [2.24, 2.45) is 5.73 Å². The van der Waals surface area contributed by atoms with Gasteiger partial charge < -0.3 is 20.1 Å². The van der Waals surface area contributed by atoms with E-state index in [0.717, 1.165) is 32.1 Å². The normalized spacial score (nSPS) is 13.5. The summed E-state index contributed by atoms with van der Waals surface area (Å²) in [5.74, 6) is -0.827. The predicted octanol–water partition coefficient (Wildman–Crippen LogP) is 10.7. The first-order valence-electron chi connectivity index (χ1n) is 19.7. The van der Waals surface area contributed by atoms with E-state index in [0.29, 0.717) is 6.42 Å². The highest BCUT2D eigenvalue weighted by Crippen LogP contribution is 2.43. The Morgan fingerprint density at radius 1 is 0.604 bits per heavy atom. The largest absolute Gasteiger partial charge is 0.472 e. The summed E-state index contributed by atoms with van der Waals surface area (Å²) >= 11 is 0. The first kappa shape index (κ1) is 46.8. The fourth-order valence-corrected chi connectivity index (χ4v) is 6.22. The lowest BCUT2D eigenvalue weighted by Crippen LogP contribution is -2.29. The average molecular weight is 704 g/mol. The summed E-state index contributed by atoms with van der Waals surface area (Å²) in [4.78, 5) is 34.7. The standard InChI is InChI=1S/C38H74NO8P/c1-3-5-7-9-11-13-15-16-17-18-19-20-21-23-24-26-28-30-37(40)44-34-36(35-46-48(42,43)45-33-32-39)47-38(41)31-29-27-25-22-14-12-10-8-6-4-2/h13,15,36H,3-12,14,16-35,39H2,1-2H3,(H,42,43)/b15-13+/t36-/m0/s1. The molecule has 3 N–H and O–H groups in total. The lowest BCUT2D eigenvalue weighted by atomic mass is 10.1. The van der Waals surface area contributed by atoms with Crippen molar-refractivity contribution in [2.75, 3.05) is 26.4 Å². The highest BCUT2D eigenvalue weighted by atomic mass is 31.2. The minimum Gasteiger partial charge on any atom is -0.462 e. The first-order chi connectivity index (χ1) is 23.3. The third-order valence-electron chi connectivity index (χ3n) is 8.40. The van der Waals surface area contributed by atoms with Crippen LogP contribution in [0.4, 0.5) is 0 Å². The van der Waals surface area contributed by atoms with E-state index in [1.54, 1.807) is 0 Å². The van der Waals surface area contributed by atoms with Gasteiger partial charge in [-0.15, -0.1) is 0 Å². The van der Waals surface area contributed by atoms with Crippen LogP contribution >= 0.6 is 7.82 Å². The van der Waals surface area contributed by atoms with Gasteiger partial charge >= 0.3 is 19.8 Å². The molecule has 284 valence electrons. The second-order valence-electron chi connectivity index (χ2n) is 13.2. The number of phosphoric ester groups is 1. The number of allylic oxidation sites excluding steroid dienone is 2. The highest BCUT2D eigenvalue weighted by Gasteiger charge is 2.25. The fourth-order valence-electron chi connectivity index (χ4n) is 5.45. The van der Waals surface area contributed by atoms with Gasteiger partial charge in [0, 0.05) is 19.4 Å². The van der Waals surface area contributed by atoms with Crippen LogP contribution in [0.25, 0.3) is 0 Å². The maximum atomic E-state index is 12.5. The molecule has 0 amide bonds. The Labute approximate surface area is 294 Å². The number of rotatable bonds is 37. The van der Waals surface area contributed by atoms with Crippen molar-refractivity contribution in [1.29, 1.82) is 0 Å². The molecule has 0 aromatic rings. The average Bonchev–Trinajstić information content (AvgIpc) is 3.07. The molecule has 9 nitrogen and oxygen atoms in total. The number of nitrogens with two attached hydrogens (primary N) is 1. The molecule has 0 heterocycles. The van der Waals surface area contributed by atoms with E-state index < -0.39 is 26.5 Å². The molecule has 0 aromatic heterocycles. The Morgan fingerprint density at radius 2 is 1.02 bits per heavy atom. The van der Waals surface area contributed by atoms with Gasteiger partial charge in [0.2, 0.25) is 0 Å². The zero-order valence-electron chi connectivity index (χ0n) is 31.0. The van der Waals surface area contributed by atoms with Gasteiger partial charge in [-0.1, -0.05) is 148 Å². The van der Waals surface area contributed by atoms with E-state index in [9.17, 15) is 19.0 Å².